The summed E-state index contributed by atoms with van der Waals surface area (Å²) in [6, 6.07) is 5.16. The second kappa shape index (κ2) is 6.78. The van der Waals surface area contributed by atoms with Crippen molar-refractivity contribution in [3.63, 3.8) is 0 Å². The second-order valence-corrected chi connectivity index (χ2v) is 4.91. The Morgan fingerprint density at radius 2 is 2.25 bits per heavy atom. The van der Waals surface area contributed by atoms with Crippen LogP contribution in [0.4, 0.5) is 0 Å². The number of hydrogen-bond donors (Lipinski definition) is 1. The van der Waals surface area contributed by atoms with Gasteiger partial charge in [-0.1, -0.05) is 48.0 Å². The van der Waals surface area contributed by atoms with Crippen molar-refractivity contribution in [2.45, 2.75) is 6.92 Å². The van der Waals surface area contributed by atoms with E-state index in [4.69, 9.17) is 28.9 Å². The molecule has 1 aromatic carbocycles. The molecule has 0 aliphatic rings. The molecule has 1 aromatic rings. The molecule has 86 valence electrons. The van der Waals surface area contributed by atoms with E-state index in [9.17, 15) is 0 Å². The van der Waals surface area contributed by atoms with Gasteiger partial charge in [0.15, 0.2) is 5.17 Å². The Morgan fingerprint density at radius 3 is 2.88 bits per heavy atom. The number of benzene rings is 1. The smallest absolute Gasteiger partial charge is 0.180 e. The van der Waals surface area contributed by atoms with Crippen LogP contribution in [0.25, 0.3) is 0 Å². The van der Waals surface area contributed by atoms with Crippen molar-refractivity contribution in [3.05, 3.63) is 33.8 Å². The summed E-state index contributed by atoms with van der Waals surface area (Å²) in [4.78, 5) is 0. The van der Waals surface area contributed by atoms with Crippen molar-refractivity contribution in [2.75, 3.05) is 5.75 Å². The van der Waals surface area contributed by atoms with Gasteiger partial charge >= 0.3 is 0 Å². The number of halogens is 2. The third-order valence-electron chi connectivity index (χ3n) is 1.61. The molecule has 0 radical (unpaired) electrons. The van der Waals surface area contributed by atoms with Crippen molar-refractivity contribution >= 4 is 46.3 Å². The largest absolute Gasteiger partial charge is 0.377 e. The Labute approximate surface area is 109 Å². The summed E-state index contributed by atoms with van der Waals surface area (Å²) in [6.45, 7) is 1.99. The van der Waals surface area contributed by atoms with Crippen LogP contribution in [0.3, 0.4) is 0 Å². The molecule has 6 heteroatoms. The normalized spacial score (nSPS) is 12.3. The molecule has 0 unspecified atom stereocenters. The average molecular weight is 276 g/mol. The van der Waals surface area contributed by atoms with Crippen molar-refractivity contribution in [3.8, 4) is 0 Å². The molecule has 1 rings (SSSR count). The van der Waals surface area contributed by atoms with E-state index in [0.717, 1.165) is 11.3 Å². The van der Waals surface area contributed by atoms with Gasteiger partial charge in [-0.3, -0.25) is 0 Å². The first-order valence-electron chi connectivity index (χ1n) is 4.58. The van der Waals surface area contributed by atoms with Gasteiger partial charge in [-0.05, 0) is 17.9 Å². The molecular formula is C10H11Cl2N3S. The van der Waals surface area contributed by atoms with Gasteiger partial charge < -0.3 is 5.73 Å². The monoisotopic (exact) mass is 275 g/mol. The SMILES string of the molecule is CCSC(N)=NN=Cc1ccc(Cl)cc1Cl. The summed E-state index contributed by atoms with van der Waals surface area (Å²) in [6.07, 6.45) is 1.54. The molecule has 0 saturated heterocycles. The van der Waals surface area contributed by atoms with E-state index in [-0.39, 0.29) is 0 Å². The summed E-state index contributed by atoms with van der Waals surface area (Å²) >= 11 is 13.1. The number of nitrogens with zero attached hydrogens (tertiary/aromatic N) is 2. The molecule has 2 N–H and O–H groups in total. The van der Waals surface area contributed by atoms with Gasteiger partial charge in [0.2, 0.25) is 0 Å². The van der Waals surface area contributed by atoms with Crippen LogP contribution < -0.4 is 5.73 Å². The van der Waals surface area contributed by atoms with E-state index in [1.54, 1.807) is 24.4 Å². The molecule has 0 spiro atoms. The number of nitrogens with two attached hydrogens (primary N) is 1. The van der Waals surface area contributed by atoms with Gasteiger partial charge in [0.25, 0.3) is 0 Å². The van der Waals surface area contributed by atoms with Gasteiger partial charge in [0, 0.05) is 10.6 Å². The molecule has 3 nitrogen and oxygen atoms in total. The first-order valence-corrected chi connectivity index (χ1v) is 6.32. The van der Waals surface area contributed by atoms with Crippen LogP contribution in [0, 0.1) is 0 Å². The van der Waals surface area contributed by atoms with E-state index in [1.807, 2.05) is 6.92 Å². The Hall–Kier alpha value is -0.710. The lowest BCUT2D eigenvalue weighted by Crippen LogP contribution is -2.05. The third kappa shape index (κ3) is 4.43. The summed E-state index contributed by atoms with van der Waals surface area (Å²) in [5.74, 6) is 0.868. The van der Waals surface area contributed by atoms with E-state index < -0.39 is 0 Å². The van der Waals surface area contributed by atoms with Gasteiger partial charge in [0.1, 0.15) is 0 Å². The fraction of sp³-hybridized carbons (Fsp3) is 0.200. The van der Waals surface area contributed by atoms with Crippen LogP contribution in [0.1, 0.15) is 12.5 Å². The zero-order valence-electron chi connectivity index (χ0n) is 8.65. The Bertz CT molecular complexity index is 419. The predicted molar refractivity (Wildman–Crippen MR) is 73.8 cm³/mol. The van der Waals surface area contributed by atoms with E-state index in [2.05, 4.69) is 10.2 Å². The molecule has 0 fully saturated rings. The minimum absolute atomic E-state index is 0.434. The summed E-state index contributed by atoms with van der Waals surface area (Å²) < 4.78 is 0. The van der Waals surface area contributed by atoms with Gasteiger partial charge in [-0.2, -0.15) is 5.10 Å². The number of amidine groups is 1. The maximum atomic E-state index is 5.95. The Balaban J connectivity index is 2.73. The van der Waals surface area contributed by atoms with Gasteiger partial charge in [0.05, 0.1) is 11.2 Å². The lowest BCUT2D eigenvalue weighted by atomic mass is 10.2. The predicted octanol–water partition coefficient (Wildman–Crippen LogP) is 3.40. The number of rotatable bonds is 3. The molecule has 0 aromatic heterocycles. The molecule has 0 aliphatic carbocycles. The lowest BCUT2D eigenvalue weighted by molar-refractivity contribution is 1.25. The Kier molecular flexibility index (Phi) is 5.66. The van der Waals surface area contributed by atoms with Crippen molar-refractivity contribution in [1.82, 2.24) is 0 Å². The average Bonchev–Trinajstić information content (AvgIpc) is 2.22. The van der Waals surface area contributed by atoms with E-state index in [0.29, 0.717) is 15.2 Å². The highest BCUT2D eigenvalue weighted by Crippen LogP contribution is 2.19. The highest BCUT2D eigenvalue weighted by Gasteiger charge is 1.97. The van der Waals surface area contributed by atoms with Gasteiger partial charge in [-0.15, -0.1) is 5.10 Å². The first kappa shape index (κ1) is 13.4. The van der Waals surface area contributed by atoms with E-state index in [1.165, 1.54) is 11.8 Å². The summed E-state index contributed by atoms with van der Waals surface area (Å²) in [5.41, 5.74) is 6.31. The molecule has 16 heavy (non-hydrogen) atoms. The molecule has 0 aliphatic heterocycles. The fourth-order valence-corrected chi connectivity index (χ4v) is 1.79. The summed E-state index contributed by atoms with van der Waals surface area (Å²) in [7, 11) is 0. The van der Waals surface area contributed by atoms with Crippen LogP contribution in [0.15, 0.2) is 28.4 Å². The highest BCUT2D eigenvalue weighted by atomic mass is 35.5. The molecule has 0 saturated carbocycles. The maximum absolute atomic E-state index is 5.95. The van der Waals surface area contributed by atoms with Gasteiger partial charge in [-0.25, -0.2) is 0 Å². The van der Waals surface area contributed by atoms with Crippen LogP contribution in [-0.2, 0) is 0 Å². The lowest BCUT2D eigenvalue weighted by Gasteiger charge is -1.97. The minimum atomic E-state index is 0.434. The van der Waals surface area contributed by atoms with Crippen LogP contribution >= 0.6 is 35.0 Å². The second-order valence-electron chi connectivity index (χ2n) is 2.78. The molecule has 0 bridgehead atoms. The minimum Gasteiger partial charge on any atom is -0.377 e. The standard InChI is InChI=1S/C10H11Cl2N3S/c1-2-16-10(13)15-14-6-7-3-4-8(11)5-9(7)12/h3-6H,2H2,1H3,(H2,13,15). The van der Waals surface area contributed by atoms with Crippen LogP contribution in [0.5, 0.6) is 0 Å². The van der Waals surface area contributed by atoms with Crippen LogP contribution in [-0.4, -0.2) is 17.1 Å². The third-order valence-corrected chi connectivity index (χ3v) is 2.84. The summed E-state index contributed by atoms with van der Waals surface area (Å²) in [5, 5.41) is 9.21. The molecular weight excluding hydrogens is 265 g/mol. The molecule has 0 amide bonds. The van der Waals surface area contributed by atoms with Crippen LogP contribution in [0.2, 0.25) is 10.0 Å². The molecule has 0 atom stereocenters. The number of thioether (sulfide) groups is 1. The Morgan fingerprint density at radius 1 is 1.50 bits per heavy atom. The van der Waals surface area contributed by atoms with E-state index >= 15 is 0 Å². The van der Waals surface area contributed by atoms with Crippen molar-refractivity contribution in [2.24, 2.45) is 15.9 Å². The zero-order chi connectivity index (χ0) is 12.0. The topological polar surface area (TPSA) is 50.7 Å². The fourth-order valence-electron chi connectivity index (χ4n) is 0.931. The quantitative estimate of drug-likeness (QED) is 0.522. The van der Waals surface area contributed by atoms with Crippen molar-refractivity contribution < 1.29 is 0 Å². The van der Waals surface area contributed by atoms with Crippen molar-refractivity contribution in [1.29, 1.82) is 0 Å². The zero-order valence-corrected chi connectivity index (χ0v) is 11.0. The number of hydrogen-bond acceptors (Lipinski definition) is 3. The molecule has 0 heterocycles. The highest BCUT2D eigenvalue weighted by molar-refractivity contribution is 8.13. The first-order chi connectivity index (χ1) is 7.63. The maximum Gasteiger partial charge on any atom is 0.180 e.